The summed E-state index contributed by atoms with van der Waals surface area (Å²) in [5.74, 6) is 0.335. The van der Waals surface area contributed by atoms with Gasteiger partial charge < -0.3 is 4.74 Å². The summed E-state index contributed by atoms with van der Waals surface area (Å²) in [6.07, 6.45) is 0. The molecule has 0 aliphatic rings. The predicted molar refractivity (Wildman–Crippen MR) is 82.6 cm³/mol. The average Bonchev–Trinajstić information content (AvgIpc) is 2.39. The SMILES string of the molecule is CC(C#N)(COCc1ccccc1)CS(=O)C(C)(C)C. The smallest absolute Gasteiger partial charge is 0.0893 e. The minimum Gasteiger partial charge on any atom is -0.375 e. The Morgan fingerprint density at radius 3 is 2.30 bits per heavy atom. The Hall–Kier alpha value is -1.18. The molecule has 0 radical (unpaired) electrons. The molecule has 0 N–H and O–H groups in total. The highest BCUT2D eigenvalue weighted by molar-refractivity contribution is 7.86. The van der Waals surface area contributed by atoms with Crippen molar-refractivity contribution in [1.29, 1.82) is 5.26 Å². The number of hydrogen-bond acceptors (Lipinski definition) is 3. The molecule has 0 bridgehead atoms. The van der Waals surface area contributed by atoms with Crippen LogP contribution in [0.4, 0.5) is 0 Å². The van der Waals surface area contributed by atoms with Crippen LogP contribution in [0.1, 0.15) is 33.3 Å². The number of benzene rings is 1. The van der Waals surface area contributed by atoms with Crippen LogP contribution < -0.4 is 0 Å². The van der Waals surface area contributed by atoms with Gasteiger partial charge in [0.05, 0.1) is 24.7 Å². The normalized spacial score (nSPS) is 16.1. The van der Waals surface area contributed by atoms with E-state index in [4.69, 9.17) is 4.74 Å². The van der Waals surface area contributed by atoms with Crippen molar-refractivity contribution < 1.29 is 8.95 Å². The molecule has 0 spiro atoms. The van der Waals surface area contributed by atoms with Gasteiger partial charge in [0, 0.05) is 21.3 Å². The third-order valence-corrected chi connectivity index (χ3v) is 5.20. The van der Waals surface area contributed by atoms with Crippen LogP contribution in [0, 0.1) is 16.7 Å². The van der Waals surface area contributed by atoms with Crippen LogP contribution in [0.5, 0.6) is 0 Å². The summed E-state index contributed by atoms with van der Waals surface area (Å²) in [5, 5.41) is 9.33. The maximum atomic E-state index is 12.2. The Bertz CT molecular complexity index is 487. The van der Waals surface area contributed by atoms with Crippen LogP contribution in [0.2, 0.25) is 0 Å². The van der Waals surface area contributed by atoms with Crippen molar-refractivity contribution in [1.82, 2.24) is 0 Å². The van der Waals surface area contributed by atoms with Crippen molar-refractivity contribution in [3.05, 3.63) is 35.9 Å². The monoisotopic (exact) mass is 293 g/mol. The third kappa shape index (κ3) is 5.44. The van der Waals surface area contributed by atoms with Gasteiger partial charge in [-0.3, -0.25) is 4.21 Å². The molecular formula is C16H23NO2S. The molecule has 4 heteroatoms. The lowest BCUT2D eigenvalue weighted by molar-refractivity contribution is 0.0758. The van der Waals surface area contributed by atoms with Gasteiger partial charge in [0.25, 0.3) is 0 Å². The second kappa shape index (κ2) is 7.01. The fourth-order valence-corrected chi connectivity index (χ4v) is 2.74. The summed E-state index contributed by atoms with van der Waals surface area (Å²) in [6.45, 7) is 8.34. The first kappa shape index (κ1) is 16.9. The summed E-state index contributed by atoms with van der Waals surface area (Å²) in [5.41, 5.74) is 0.358. The van der Waals surface area contributed by atoms with Crippen LogP contribution in [0.15, 0.2) is 30.3 Å². The van der Waals surface area contributed by atoms with Gasteiger partial charge in [0.1, 0.15) is 0 Å². The van der Waals surface area contributed by atoms with E-state index >= 15 is 0 Å². The number of nitrogens with zero attached hydrogens (tertiary/aromatic N) is 1. The standard InChI is InChI=1S/C16H23NO2S/c1-15(2,3)20(18)13-16(4,11-17)12-19-10-14-8-6-5-7-9-14/h5-9H,10,12-13H2,1-4H3. The highest BCUT2D eigenvalue weighted by atomic mass is 32.2. The third-order valence-electron chi connectivity index (χ3n) is 2.93. The van der Waals surface area contributed by atoms with E-state index in [1.807, 2.05) is 58.0 Å². The highest BCUT2D eigenvalue weighted by Gasteiger charge is 2.32. The maximum Gasteiger partial charge on any atom is 0.0893 e. The number of nitriles is 1. The molecule has 0 aliphatic carbocycles. The summed E-state index contributed by atoms with van der Waals surface area (Å²) in [4.78, 5) is 0. The molecule has 1 rings (SSSR count). The molecule has 2 unspecified atom stereocenters. The Kier molecular flexibility index (Phi) is 5.91. The van der Waals surface area contributed by atoms with E-state index in [1.54, 1.807) is 0 Å². The molecule has 1 aromatic carbocycles. The maximum absolute atomic E-state index is 12.2. The molecule has 0 saturated heterocycles. The van der Waals surface area contributed by atoms with E-state index in [9.17, 15) is 9.47 Å². The molecule has 0 amide bonds. The van der Waals surface area contributed by atoms with E-state index in [2.05, 4.69) is 6.07 Å². The molecule has 1 aromatic rings. The predicted octanol–water partition coefficient (Wildman–Crippen LogP) is 3.28. The summed E-state index contributed by atoms with van der Waals surface area (Å²) in [7, 11) is -1.06. The topological polar surface area (TPSA) is 50.1 Å². The van der Waals surface area contributed by atoms with Gasteiger partial charge in [-0.2, -0.15) is 5.26 Å². The second-order valence-corrected chi connectivity index (χ2v) is 8.46. The molecule has 0 aromatic heterocycles. The fourth-order valence-electron chi connectivity index (χ4n) is 1.58. The lowest BCUT2D eigenvalue weighted by atomic mass is 9.97. The van der Waals surface area contributed by atoms with Gasteiger partial charge in [0.2, 0.25) is 0 Å². The lowest BCUT2D eigenvalue weighted by Gasteiger charge is -2.26. The number of hydrogen-bond donors (Lipinski definition) is 0. The molecule has 0 aliphatic heterocycles. The average molecular weight is 293 g/mol. The van der Waals surface area contributed by atoms with Crippen molar-refractivity contribution in [2.75, 3.05) is 12.4 Å². The van der Waals surface area contributed by atoms with Crippen LogP contribution in [0.3, 0.4) is 0 Å². The van der Waals surface area contributed by atoms with Gasteiger partial charge in [-0.15, -0.1) is 0 Å². The Morgan fingerprint density at radius 1 is 1.20 bits per heavy atom. The minimum absolute atomic E-state index is 0.292. The first-order chi connectivity index (χ1) is 9.27. The van der Waals surface area contributed by atoms with Crippen molar-refractivity contribution >= 4 is 10.8 Å². The van der Waals surface area contributed by atoms with Gasteiger partial charge >= 0.3 is 0 Å². The van der Waals surface area contributed by atoms with E-state index in [0.717, 1.165) is 5.56 Å². The van der Waals surface area contributed by atoms with Crippen LogP contribution in [-0.4, -0.2) is 21.3 Å². The van der Waals surface area contributed by atoms with E-state index < -0.39 is 16.2 Å². The van der Waals surface area contributed by atoms with Crippen molar-refractivity contribution in [3.8, 4) is 6.07 Å². The quantitative estimate of drug-likeness (QED) is 0.808. The molecule has 0 fully saturated rings. The Labute approximate surface area is 124 Å². The van der Waals surface area contributed by atoms with Gasteiger partial charge in [0.15, 0.2) is 0 Å². The molecule has 0 saturated carbocycles. The molecule has 3 nitrogen and oxygen atoms in total. The Morgan fingerprint density at radius 2 is 1.80 bits per heavy atom. The zero-order chi connectivity index (χ0) is 15.2. The molecule has 110 valence electrons. The number of ether oxygens (including phenoxy) is 1. The van der Waals surface area contributed by atoms with E-state index in [-0.39, 0.29) is 4.75 Å². The van der Waals surface area contributed by atoms with Crippen molar-refractivity contribution in [2.24, 2.45) is 5.41 Å². The Balaban J connectivity index is 2.54. The molecule has 0 heterocycles. The lowest BCUT2D eigenvalue weighted by Crippen LogP contribution is -2.35. The highest BCUT2D eigenvalue weighted by Crippen LogP contribution is 2.23. The first-order valence-corrected chi connectivity index (χ1v) is 8.00. The van der Waals surface area contributed by atoms with E-state index in [0.29, 0.717) is 19.0 Å². The minimum atomic E-state index is -1.06. The van der Waals surface area contributed by atoms with Crippen LogP contribution >= 0.6 is 0 Å². The zero-order valence-electron chi connectivity index (χ0n) is 12.7. The summed E-state index contributed by atoms with van der Waals surface area (Å²) < 4.78 is 17.5. The zero-order valence-corrected chi connectivity index (χ0v) is 13.5. The fraction of sp³-hybridized carbons (Fsp3) is 0.562. The first-order valence-electron chi connectivity index (χ1n) is 6.68. The molecular weight excluding hydrogens is 270 g/mol. The van der Waals surface area contributed by atoms with E-state index in [1.165, 1.54) is 0 Å². The van der Waals surface area contributed by atoms with Crippen molar-refractivity contribution in [2.45, 2.75) is 39.0 Å². The summed E-state index contributed by atoms with van der Waals surface area (Å²) >= 11 is 0. The molecule has 2 atom stereocenters. The van der Waals surface area contributed by atoms with Crippen LogP contribution in [0.25, 0.3) is 0 Å². The number of rotatable bonds is 6. The van der Waals surface area contributed by atoms with Crippen molar-refractivity contribution in [3.63, 3.8) is 0 Å². The second-order valence-electron chi connectivity index (χ2n) is 6.25. The largest absolute Gasteiger partial charge is 0.375 e. The van der Waals surface area contributed by atoms with Gasteiger partial charge in [-0.05, 0) is 33.3 Å². The van der Waals surface area contributed by atoms with Crippen LogP contribution in [-0.2, 0) is 22.1 Å². The van der Waals surface area contributed by atoms with Gasteiger partial charge in [-0.25, -0.2) is 0 Å². The molecule has 20 heavy (non-hydrogen) atoms. The van der Waals surface area contributed by atoms with Gasteiger partial charge in [-0.1, -0.05) is 30.3 Å². The summed E-state index contributed by atoms with van der Waals surface area (Å²) in [6, 6.07) is 12.1.